The van der Waals surface area contributed by atoms with E-state index in [1.165, 1.54) is 6.21 Å². The third kappa shape index (κ3) is 10.2. The molecule has 0 saturated carbocycles. The molecule has 16 heteroatoms. The van der Waals surface area contributed by atoms with Crippen LogP contribution in [0.5, 0.6) is 46.0 Å². The molecule has 16 nitrogen and oxygen atoms in total. The summed E-state index contributed by atoms with van der Waals surface area (Å²) >= 11 is 0. The lowest BCUT2D eigenvalue weighted by atomic mass is 9.39. The maximum absolute atomic E-state index is 14.9. The Morgan fingerprint density at radius 1 is 0.432 bits per heavy atom. The van der Waals surface area contributed by atoms with Crippen LogP contribution in [0.2, 0.25) is 0 Å². The third-order valence-corrected chi connectivity index (χ3v) is 19.6. The fraction of sp³-hybridized carbons (Fsp3) is 0.508. The van der Waals surface area contributed by atoms with Gasteiger partial charge in [-0.05, 0) is 125 Å². The third-order valence-electron chi connectivity index (χ3n) is 19.6. The molecule has 0 fully saturated rings. The van der Waals surface area contributed by atoms with Gasteiger partial charge in [0.1, 0.15) is 46.0 Å². The minimum atomic E-state index is -1.35. The standard InChI is InChI=1S/C65H76N4O12/c1-10-64-16-12-49(70)79-42-25-38-33-67-21-20-66-32-37-24-41-28-45(54(37)74)60(3,4)36-63(9)48-31-44-27-40(57(48)77)35-69-23-22-68-34-39-26-43(80-50(71)13-17-64)30-47(56(39)76)62(7,8)58(64)53(61(5,6)46(29-42)55(38)75)59(63)65(11-2,18-14-51(72)78-41)19-15-52(73)81-44/h24-35,53,58-59,74-77H,10-23,36H2,1-9H3. The van der Waals surface area contributed by atoms with Crippen molar-refractivity contribution in [3.63, 3.8) is 0 Å². The lowest BCUT2D eigenvalue weighted by Gasteiger charge is -2.65. The van der Waals surface area contributed by atoms with Crippen LogP contribution in [0.1, 0.15) is 177 Å². The maximum Gasteiger partial charge on any atom is 0.311 e. The molecular weight excluding hydrogens is 1030 g/mol. The Morgan fingerprint density at radius 2 is 0.741 bits per heavy atom. The van der Waals surface area contributed by atoms with Crippen LogP contribution >= 0.6 is 0 Å². The molecule has 0 amide bonds. The Bertz CT molecular complexity index is 3350. The van der Waals surface area contributed by atoms with E-state index in [-0.39, 0.29) is 141 Å². The quantitative estimate of drug-likeness (QED) is 0.108. The molecule has 4 aromatic carbocycles. The number of hydrogen-bond donors (Lipinski definition) is 4. The molecule has 6 heterocycles. The Hall–Kier alpha value is -7.36. The molecule has 6 aliphatic rings. The van der Waals surface area contributed by atoms with Crippen molar-refractivity contribution >= 4 is 48.7 Å². The van der Waals surface area contributed by atoms with Gasteiger partial charge >= 0.3 is 23.9 Å². The van der Waals surface area contributed by atoms with Crippen LogP contribution in [0, 0.1) is 28.6 Å². The summed E-state index contributed by atoms with van der Waals surface area (Å²) in [5, 5.41) is 52.6. The predicted molar refractivity (Wildman–Crippen MR) is 309 cm³/mol. The van der Waals surface area contributed by atoms with Crippen molar-refractivity contribution in [1.29, 1.82) is 0 Å². The molecule has 6 aliphatic heterocycles. The summed E-state index contributed by atoms with van der Waals surface area (Å²) in [5.41, 5.74) is -4.21. The minimum Gasteiger partial charge on any atom is -0.507 e. The van der Waals surface area contributed by atoms with Crippen molar-refractivity contribution < 1.29 is 58.6 Å². The summed E-state index contributed by atoms with van der Waals surface area (Å²) in [6, 6.07) is 13.3. The second kappa shape index (κ2) is 21.2. The number of rotatable bonds is 2. The topological polar surface area (TPSA) is 236 Å². The molecule has 6 unspecified atom stereocenters. The van der Waals surface area contributed by atoms with Crippen LogP contribution in [-0.2, 0) is 40.8 Å². The number of carbonyl (C=O) groups is 4. The van der Waals surface area contributed by atoms with Gasteiger partial charge in [-0.2, -0.15) is 0 Å². The summed E-state index contributed by atoms with van der Waals surface area (Å²) < 4.78 is 25.2. The number of aromatic hydroxyl groups is 4. The molecule has 0 spiro atoms. The number of esters is 4. The minimum absolute atomic E-state index is 0.0712. The van der Waals surface area contributed by atoms with Crippen molar-refractivity contribution in [1.82, 2.24) is 0 Å². The largest absolute Gasteiger partial charge is 0.507 e. The SMILES string of the molecule is CCC12CCC(=O)Oc3cc4c(O)c(c3)C(C)(C)C3C1C(C)(C)c1cc(cc(c1O)C=NCCN=Cc1cc5cc(c1O)C1(C)CC(C)(C)c6cc(cc(c6O)C=NCCN=C4)OC(=O)CCC(CC)(CCC(=O)O5)C31)OC(=O)CC2. The molecule has 6 atom stereocenters. The van der Waals surface area contributed by atoms with Gasteiger partial charge in [0.05, 0.1) is 26.2 Å². The van der Waals surface area contributed by atoms with Crippen LogP contribution < -0.4 is 18.9 Å². The number of hydrogen-bond acceptors (Lipinski definition) is 16. The summed E-state index contributed by atoms with van der Waals surface area (Å²) in [6.07, 6.45) is 7.43. The van der Waals surface area contributed by atoms with Crippen molar-refractivity contribution in [2.75, 3.05) is 26.2 Å². The average Bonchev–Trinajstić information content (AvgIpc) is 3.66. The number of aliphatic imine (C=N–C) groups is 4. The van der Waals surface area contributed by atoms with Gasteiger partial charge in [-0.1, -0.05) is 75.2 Å². The number of fused-ring (bicyclic) bond motifs is 9. The van der Waals surface area contributed by atoms with Crippen LogP contribution in [-0.4, -0.2) is 95.3 Å². The van der Waals surface area contributed by atoms with Gasteiger partial charge in [0.25, 0.3) is 0 Å². The van der Waals surface area contributed by atoms with Gasteiger partial charge in [0.2, 0.25) is 0 Å². The number of phenols is 4. The van der Waals surface area contributed by atoms with Crippen molar-refractivity contribution in [2.24, 2.45) is 48.6 Å². The molecule has 17 bridgehead atoms. The average molecular weight is 1110 g/mol. The van der Waals surface area contributed by atoms with E-state index in [1.54, 1.807) is 67.2 Å². The Balaban J connectivity index is 1.50. The smallest absolute Gasteiger partial charge is 0.311 e. The Kier molecular flexibility index (Phi) is 14.9. The molecule has 81 heavy (non-hydrogen) atoms. The Labute approximate surface area is 473 Å². The van der Waals surface area contributed by atoms with E-state index in [0.29, 0.717) is 46.2 Å². The van der Waals surface area contributed by atoms with E-state index in [0.717, 1.165) is 0 Å². The highest BCUT2D eigenvalue weighted by Gasteiger charge is 2.65. The lowest BCUT2D eigenvalue weighted by Crippen LogP contribution is -2.61. The Morgan fingerprint density at radius 3 is 1.11 bits per heavy atom. The van der Waals surface area contributed by atoms with E-state index >= 15 is 0 Å². The maximum atomic E-state index is 14.9. The van der Waals surface area contributed by atoms with Crippen LogP contribution in [0.25, 0.3) is 0 Å². The lowest BCUT2D eigenvalue weighted by molar-refractivity contribution is -0.142. The van der Waals surface area contributed by atoms with Crippen LogP contribution in [0.4, 0.5) is 0 Å². The second-order valence-electron chi connectivity index (χ2n) is 25.5. The number of nitrogens with zero attached hydrogens (tertiary/aromatic N) is 4. The normalized spacial score (nSPS) is 27.8. The number of phenolic OH excluding ortho intramolecular Hbond substituents is 4. The fourth-order valence-electron chi connectivity index (χ4n) is 15.9. The summed E-state index contributed by atoms with van der Waals surface area (Å²) in [6.45, 7) is 19.3. The number of ether oxygens (including phenoxy) is 4. The molecule has 0 radical (unpaired) electrons. The van der Waals surface area contributed by atoms with Crippen molar-refractivity contribution in [3.8, 4) is 46.0 Å². The number of benzene rings is 4. The predicted octanol–water partition coefficient (Wildman–Crippen LogP) is 11.2. The van der Waals surface area contributed by atoms with E-state index in [4.69, 9.17) is 33.9 Å². The van der Waals surface area contributed by atoms with Gasteiger partial charge in [0.15, 0.2) is 0 Å². The highest BCUT2D eigenvalue weighted by Crippen LogP contribution is 2.70. The molecule has 0 saturated heterocycles. The summed E-state index contributed by atoms with van der Waals surface area (Å²) in [4.78, 5) is 77.9. The van der Waals surface area contributed by atoms with E-state index in [2.05, 4.69) is 53.5 Å². The summed E-state index contributed by atoms with van der Waals surface area (Å²) in [5.74, 6) is -4.16. The van der Waals surface area contributed by atoms with E-state index in [1.807, 2.05) is 13.8 Å². The first-order valence-corrected chi connectivity index (χ1v) is 28.7. The summed E-state index contributed by atoms with van der Waals surface area (Å²) in [7, 11) is 0. The molecule has 428 valence electrons. The highest BCUT2D eigenvalue weighted by atomic mass is 16.5. The van der Waals surface area contributed by atoms with Crippen LogP contribution in [0.15, 0.2) is 68.5 Å². The fourth-order valence-corrected chi connectivity index (χ4v) is 15.9. The zero-order chi connectivity index (χ0) is 58.0. The van der Waals surface area contributed by atoms with Gasteiger partial charge in [-0.25, -0.2) is 0 Å². The first kappa shape index (κ1) is 56.9. The van der Waals surface area contributed by atoms with E-state index in [9.17, 15) is 39.6 Å². The molecule has 0 aliphatic carbocycles. The first-order valence-electron chi connectivity index (χ1n) is 28.7. The zero-order valence-electron chi connectivity index (χ0n) is 48.1. The molecule has 0 aromatic heterocycles. The first-order chi connectivity index (χ1) is 38.4. The van der Waals surface area contributed by atoms with Gasteiger partial charge in [0, 0.05) is 100 Å². The number of carbonyl (C=O) groups excluding carboxylic acids is 4. The van der Waals surface area contributed by atoms with Gasteiger partial charge < -0.3 is 39.4 Å². The molecule has 4 aromatic rings. The van der Waals surface area contributed by atoms with Crippen molar-refractivity contribution in [2.45, 2.75) is 155 Å². The van der Waals surface area contributed by atoms with E-state index < -0.39 is 74.1 Å². The zero-order valence-corrected chi connectivity index (χ0v) is 48.1. The monoisotopic (exact) mass is 1100 g/mol. The second-order valence-corrected chi connectivity index (χ2v) is 25.5. The van der Waals surface area contributed by atoms with Crippen LogP contribution in [0.3, 0.4) is 0 Å². The molecular formula is C65H76N4O12. The van der Waals surface area contributed by atoms with Gasteiger partial charge in [-0.3, -0.25) is 39.1 Å². The van der Waals surface area contributed by atoms with Crippen molar-refractivity contribution in [3.05, 3.63) is 93.0 Å². The van der Waals surface area contributed by atoms with Gasteiger partial charge in [-0.15, -0.1) is 0 Å². The highest BCUT2D eigenvalue weighted by molar-refractivity contribution is 5.89. The molecule has 10 rings (SSSR count). The molecule has 4 N–H and O–H groups in total.